The predicted octanol–water partition coefficient (Wildman–Crippen LogP) is 0.502. The van der Waals surface area contributed by atoms with E-state index in [4.69, 9.17) is 37.6 Å². The number of carbonyl (C=O) groups excluding carboxylic acids is 1. The standard InChI is InChI=1S/C37H38O18/c1-48-25-9-17(3-6-20(25)39)4-8-29(43)50-15-37(47)16-51-36(34(37)46)55-33-32(45)31(44)28(14-38)54-35(33)52-19-11-22(41)30-23(42)13-24(53-27(30)12-19)18-5-7-21(40)26(10-18)49-2/h3-13,28,31-36,38-41,44-47H,14-16H2,1-2H3/t28-,31-,32+,33-,34+,35-,36+,37-/m1/s1. The zero-order chi connectivity index (χ0) is 39.6. The van der Waals surface area contributed by atoms with Crippen LogP contribution in [0.15, 0.2) is 69.9 Å². The van der Waals surface area contributed by atoms with Crippen molar-refractivity contribution in [1.29, 1.82) is 0 Å². The first-order valence-corrected chi connectivity index (χ1v) is 16.6. The van der Waals surface area contributed by atoms with Crippen molar-refractivity contribution in [3.05, 3.63) is 76.5 Å². The molecule has 8 atom stereocenters. The first-order chi connectivity index (χ1) is 26.2. The van der Waals surface area contributed by atoms with Gasteiger partial charge in [-0.05, 0) is 42.0 Å². The average molecular weight is 771 g/mol. The van der Waals surface area contributed by atoms with Gasteiger partial charge in [-0.3, -0.25) is 4.79 Å². The van der Waals surface area contributed by atoms with Crippen LogP contribution in [0.3, 0.4) is 0 Å². The summed E-state index contributed by atoms with van der Waals surface area (Å²) in [6, 6.07) is 12.0. The van der Waals surface area contributed by atoms with Crippen LogP contribution >= 0.6 is 0 Å². The largest absolute Gasteiger partial charge is 0.507 e. The van der Waals surface area contributed by atoms with Crippen LogP contribution in [0, 0.1) is 0 Å². The quantitative estimate of drug-likeness (QED) is 0.0720. The summed E-state index contributed by atoms with van der Waals surface area (Å²) in [6.45, 7) is -2.13. The zero-order valence-corrected chi connectivity index (χ0v) is 29.2. The summed E-state index contributed by atoms with van der Waals surface area (Å²) in [5, 5.41) is 83.9. The molecule has 3 aromatic carbocycles. The Labute approximate surface area is 311 Å². The third-order valence-electron chi connectivity index (χ3n) is 9.00. The highest BCUT2D eigenvalue weighted by atomic mass is 16.8. The maximum Gasteiger partial charge on any atom is 0.330 e. The Morgan fingerprint density at radius 1 is 0.909 bits per heavy atom. The summed E-state index contributed by atoms with van der Waals surface area (Å²) >= 11 is 0. The van der Waals surface area contributed by atoms with Crippen molar-refractivity contribution in [2.24, 2.45) is 0 Å². The number of carbonyl (C=O) groups is 1. The monoisotopic (exact) mass is 770 g/mol. The lowest BCUT2D eigenvalue weighted by molar-refractivity contribution is -0.318. The predicted molar refractivity (Wildman–Crippen MR) is 186 cm³/mol. The molecule has 2 fully saturated rings. The minimum absolute atomic E-state index is 0.0425. The number of aromatic hydroxyl groups is 3. The fourth-order valence-corrected chi connectivity index (χ4v) is 5.97. The number of aliphatic hydroxyl groups is 5. The lowest BCUT2D eigenvalue weighted by Gasteiger charge is -2.42. The van der Waals surface area contributed by atoms with Crippen molar-refractivity contribution in [1.82, 2.24) is 0 Å². The maximum absolute atomic E-state index is 13.0. The van der Waals surface area contributed by atoms with Gasteiger partial charge in [0.1, 0.15) is 59.3 Å². The molecule has 18 heteroatoms. The Bertz CT molecular complexity index is 2110. The van der Waals surface area contributed by atoms with Gasteiger partial charge in [-0.2, -0.15) is 0 Å². The van der Waals surface area contributed by atoms with Crippen LogP contribution in [0.25, 0.3) is 28.4 Å². The van der Waals surface area contributed by atoms with Crippen molar-refractivity contribution in [3.63, 3.8) is 0 Å². The topological polar surface area (TPSA) is 274 Å². The van der Waals surface area contributed by atoms with Crippen LogP contribution in [0.2, 0.25) is 0 Å². The number of fused-ring (bicyclic) bond motifs is 1. The van der Waals surface area contributed by atoms with E-state index in [9.17, 15) is 50.4 Å². The van der Waals surface area contributed by atoms with Crippen molar-refractivity contribution in [2.45, 2.75) is 48.7 Å². The minimum atomic E-state index is -2.19. The molecule has 2 aliphatic heterocycles. The summed E-state index contributed by atoms with van der Waals surface area (Å²) in [5.74, 6) is -1.58. The van der Waals surface area contributed by atoms with Gasteiger partial charge < -0.3 is 78.4 Å². The third-order valence-corrected chi connectivity index (χ3v) is 9.00. The molecular formula is C37H38O18. The number of rotatable bonds is 12. The molecule has 0 unspecified atom stereocenters. The van der Waals surface area contributed by atoms with E-state index in [0.717, 1.165) is 18.2 Å². The fraction of sp³-hybridized carbons (Fsp3) is 0.351. The molecule has 2 saturated heterocycles. The lowest BCUT2D eigenvalue weighted by Crippen LogP contribution is -2.62. The zero-order valence-electron chi connectivity index (χ0n) is 29.2. The number of aliphatic hydroxyl groups excluding tert-OH is 4. The lowest BCUT2D eigenvalue weighted by atomic mass is 9.98. The number of ether oxygens (including phenoxy) is 7. The molecule has 6 rings (SSSR count). The first kappa shape index (κ1) is 39.3. The van der Waals surface area contributed by atoms with Crippen molar-refractivity contribution < 1.29 is 83.2 Å². The van der Waals surface area contributed by atoms with E-state index in [2.05, 4.69) is 0 Å². The molecule has 0 spiro atoms. The van der Waals surface area contributed by atoms with E-state index < -0.39 is 85.7 Å². The molecule has 0 amide bonds. The van der Waals surface area contributed by atoms with Crippen LogP contribution in [-0.2, 0) is 23.7 Å². The van der Waals surface area contributed by atoms with Gasteiger partial charge in [0.2, 0.25) is 6.29 Å². The van der Waals surface area contributed by atoms with E-state index in [1.54, 1.807) is 0 Å². The Balaban J connectivity index is 1.18. The molecular weight excluding hydrogens is 732 g/mol. The van der Waals surface area contributed by atoms with Crippen molar-refractivity contribution in [2.75, 3.05) is 34.0 Å². The first-order valence-electron chi connectivity index (χ1n) is 16.6. The van der Waals surface area contributed by atoms with Crippen LogP contribution in [-0.4, -0.2) is 130 Å². The van der Waals surface area contributed by atoms with E-state index in [-0.39, 0.29) is 45.5 Å². The van der Waals surface area contributed by atoms with Crippen LogP contribution in [0.5, 0.6) is 34.5 Å². The number of benzene rings is 3. The van der Waals surface area contributed by atoms with Gasteiger partial charge in [0.05, 0.1) is 27.4 Å². The molecule has 294 valence electrons. The summed E-state index contributed by atoms with van der Waals surface area (Å²) in [5.41, 5.74) is -2.13. The van der Waals surface area contributed by atoms with Gasteiger partial charge in [0, 0.05) is 29.8 Å². The SMILES string of the molecule is COc1cc(C=CC(=O)OC[C@@]2(O)CO[C@@H](O[C@H]3[C@H](Oc4cc(O)c5c(=O)cc(-c6ccc(O)c(OC)c6)oc5c4)O[C@H](CO)[C@@H](O)[C@@H]3O)[C@@H]2O)ccc1O. The highest BCUT2D eigenvalue weighted by Crippen LogP contribution is 2.37. The van der Waals surface area contributed by atoms with Crippen molar-refractivity contribution >= 4 is 23.0 Å². The highest BCUT2D eigenvalue weighted by Gasteiger charge is 2.54. The smallest absolute Gasteiger partial charge is 0.330 e. The molecule has 0 saturated carbocycles. The normalized spacial score (nSPS) is 26.6. The highest BCUT2D eigenvalue weighted by molar-refractivity contribution is 5.87. The van der Waals surface area contributed by atoms with E-state index in [1.807, 2.05) is 0 Å². The van der Waals surface area contributed by atoms with E-state index in [0.29, 0.717) is 11.1 Å². The molecule has 3 heterocycles. The summed E-state index contributed by atoms with van der Waals surface area (Å²) in [4.78, 5) is 25.5. The second-order valence-corrected chi connectivity index (χ2v) is 12.7. The van der Waals surface area contributed by atoms with Gasteiger partial charge in [-0.25, -0.2) is 4.79 Å². The van der Waals surface area contributed by atoms with Crippen molar-refractivity contribution in [3.8, 4) is 45.8 Å². The van der Waals surface area contributed by atoms with Gasteiger partial charge >= 0.3 is 5.97 Å². The summed E-state index contributed by atoms with van der Waals surface area (Å²) in [7, 11) is 2.70. The number of methoxy groups -OCH3 is 2. The molecule has 8 N–H and O–H groups in total. The Hall–Kier alpha value is -5.44. The summed E-state index contributed by atoms with van der Waals surface area (Å²) in [6.07, 6.45) is -9.53. The number of hydrogen-bond acceptors (Lipinski definition) is 18. The molecule has 2 aliphatic rings. The Kier molecular flexibility index (Phi) is 11.5. The Morgan fingerprint density at radius 2 is 1.62 bits per heavy atom. The van der Waals surface area contributed by atoms with E-state index >= 15 is 0 Å². The van der Waals surface area contributed by atoms with Gasteiger partial charge in [-0.1, -0.05) is 6.07 Å². The molecule has 4 aromatic rings. The van der Waals surface area contributed by atoms with Gasteiger partial charge in [0.25, 0.3) is 0 Å². The average Bonchev–Trinajstić information content (AvgIpc) is 3.45. The van der Waals surface area contributed by atoms with Crippen LogP contribution < -0.4 is 19.6 Å². The fourth-order valence-electron chi connectivity index (χ4n) is 5.97. The maximum atomic E-state index is 13.0. The Morgan fingerprint density at radius 3 is 2.33 bits per heavy atom. The minimum Gasteiger partial charge on any atom is -0.507 e. The second-order valence-electron chi connectivity index (χ2n) is 12.7. The number of phenols is 3. The molecule has 1 aromatic heterocycles. The molecule has 0 bridgehead atoms. The molecule has 0 aliphatic carbocycles. The van der Waals surface area contributed by atoms with Crippen LogP contribution in [0.4, 0.5) is 0 Å². The number of esters is 1. The third kappa shape index (κ3) is 8.16. The van der Waals surface area contributed by atoms with Gasteiger partial charge in [-0.15, -0.1) is 0 Å². The van der Waals surface area contributed by atoms with Crippen LogP contribution in [0.1, 0.15) is 5.56 Å². The second kappa shape index (κ2) is 16.1. The number of phenolic OH excluding ortho intramolecular Hbond substituents is 3. The molecule has 0 radical (unpaired) electrons. The molecule has 55 heavy (non-hydrogen) atoms. The molecule has 18 nitrogen and oxygen atoms in total. The number of hydrogen-bond donors (Lipinski definition) is 8. The van der Waals surface area contributed by atoms with Gasteiger partial charge in [0.15, 0.2) is 46.4 Å². The summed E-state index contributed by atoms with van der Waals surface area (Å²) < 4.78 is 44.0. The van der Waals surface area contributed by atoms with E-state index in [1.165, 1.54) is 62.8 Å².